The first-order valence-electron chi connectivity index (χ1n) is 6.13. The first kappa shape index (κ1) is 14.0. The maximum Gasteiger partial charge on any atom is 0.343 e. The van der Waals surface area contributed by atoms with Crippen LogP contribution in [0.4, 0.5) is 5.69 Å². The zero-order valence-corrected chi connectivity index (χ0v) is 11.3. The molecule has 1 N–H and O–H groups in total. The van der Waals surface area contributed by atoms with Crippen LogP contribution in [0.15, 0.2) is 39.6 Å². The van der Waals surface area contributed by atoms with Gasteiger partial charge in [0.05, 0.1) is 5.56 Å². The zero-order chi connectivity index (χ0) is 13.5. The summed E-state index contributed by atoms with van der Waals surface area (Å²) in [7, 11) is 1.83. The summed E-state index contributed by atoms with van der Waals surface area (Å²) in [6, 6.07) is 7.52. The number of benzene rings is 1. The monoisotopic (exact) mass is 245 g/mol. The summed E-state index contributed by atoms with van der Waals surface area (Å²) in [5.74, 6) is 0. The molecule has 2 aromatic rings. The summed E-state index contributed by atoms with van der Waals surface area (Å²) in [4.78, 5) is 11.6. The van der Waals surface area contributed by atoms with E-state index in [1.165, 1.54) is 0 Å². The van der Waals surface area contributed by atoms with Gasteiger partial charge < -0.3 is 9.73 Å². The van der Waals surface area contributed by atoms with Crippen molar-refractivity contribution in [3.05, 3.63) is 46.3 Å². The molecule has 0 amide bonds. The van der Waals surface area contributed by atoms with Crippen LogP contribution in [-0.2, 0) is 0 Å². The largest absolute Gasteiger partial charge is 0.422 e. The van der Waals surface area contributed by atoms with E-state index in [9.17, 15) is 4.79 Å². The highest BCUT2D eigenvalue weighted by Crippen LogP contribution is 2.18. The summed E-state index contributed by atoms with van der Waals surface area (Å²) in [5, 5.41) is 3.93. The van der Waals surface area contributed by atoms with Crippen LogP contribution < -0.4 is 10.9 Å². The molecule has 0 bridgehead atoms. The molecule has 18 heavy (non-hydrogen) atoms. The highest BCUT2D eigenvalue weighted by atomic mass is 16.4. The predicted octanol–water partition coefficient (Wildman–Crippen LogP) is 3.89. The lowest BCUT2D eigenvalue weighted by Crippen LogP contribution is -2.02. The molecule has 0 saturated heterocycles. The fourth-order valence-corrected chi connectivity index (χ4v) is 1.58. The molecule has 0 unspecified atom stereocenters. The topological polar surface area (TPSA) is 42.2 Å². The van der Waals surface area contributed by atoms with E-state index in [0.717, 1.165) is 11.1 Å². The van der Waals surface area contributed by atoms with Gasteiger partial charge in [-0.25, -0.2) is 4.79 Å². The fourth-order valence-electron chi connectivity index (χ4n) is 1.58. The molecule has 0 aliphatic rings. The van der Waals surface area contributed by atoms with Crippen molar-refractivity contribution in [2.45, 2.75) is 20.8 Å². The van der Waals surface area contributed by atoms with Crippen molar-refractivity contribution in [1.29, 1.82) is 0 Å². The van der Waals surface area contributed by atoms with E-state index < -0.39 is 0 Å². The second-order valence-corrected chi connectivity index (χ2v) is 3.49. The number of anilines is 1. The molecule has 0 atom stereocenters. The van der Waals surface area contributed by atoms with Crippen LogP contribution in [0.3, 0.4) is 0 Å². The number of hydrogen-bond donors (Lipinski definition) is 1. The third-order valence-electron chi connectivity index (χ3n) is 2.40. The fraction of sp³-hybridized carbons (Fsp3) is 0.267. The molecule has 1 aromatic carbocycles. The number of fused-ring (bicyclic) bond motifs is 1. The standard InChI is InChI=1S/C13H13NO2.C2H6/c1-3-4-10-7-9-5-6-11(14-2)8-12(9)16-13(10)15;1-2/h3-8,14H,1-2H3;1-2H3/b4-3+;. The molecule has 0 saturated carbocycles. The van der Waals surface area contributed by atoms with E-state index in [1.54, 1.807) is 6.08 Å². The highest BCUT2D eigenvalue weighted by molar-refractivity contribution is 5.82. The van der Waals surface area contributed by atoms with Gasteiger partial charge >= 0.3 is 5.63 Å². The molecule has 0 aliphatic carbocycles. The third-order valence-corrected chi connectivity index (χ3v) is 2.40. The molecule has 3 nitrogen and oxygen atoms in total. The van der Waals surface area contributed by atoms with Crippen LogP contribution in [-0.4, -0.2) is 7.05 Å². The normalized spacial score (nSPS) is 10.2. The maximum atomic E-state index is 11.6. The summed E-state index contributed by atoms with van der Waals surface area (Å²) >= 11 is 0. The van der Waals surface area contributed by atoms with Gasteiger partial charge in [0.15, 0.2) is 0 Å². The lowest BCUT2D eigenvalue weighted by atomic mass is 10.1. The van der Waals surface area contributed by atoms with Gasteiger partial charge in [0.1, 0.15) is 5.58 Å². The summed E-state index contributed by atoms with van der Waals surface area (Å²) in [6.07, 6.45) is 3.57. The Labute approximate surface area is 107 Å². The van der Waals surface area contributed by atoms with Gasteiger partial charge in [-0.1, -0.05) is 26.0 Å². The van der Waals surface area contributed by atoms with Crippen LogP contribution in [0.25, 0.3) is 17.0 Å². The average molecular weight is 245 g/mol. The molecular formula is C15H19NO2. The number of hydrogen-bond acceptors (Lipinski definition) is 3. The van der Waals surface area contributed by atoms with Crippen molar-refractivity contribution in [3.8, 4) is 0 Å². The Balaban J connectivity index is 0.000000771. The Morgan fingerprint density at radius 3 is 2.56 bits per heavy atom. The highest BCUT2D eigenvalue weighted by Gasteiger charge is 2.02. The van der Waals surface area contributed by atoms with Crippen LogP contribution in [0.1, 0.15) is 26.3 Å². The van der Waals surface area contributed by atoms with Crippen LogP contribution in [0.5, 0.6) is 0 Å². The van der Waals surface area contributed by atoms with E-state index in [0.29, 0.717) is 11.1 Å². The lowest BCUT2D eigenvalue weighted by Gasteiger charge is -2.02. The Bertz CT molecular complexity index is 597. The van der Waals surface area contributed by atoms with Crippen LogP contribution in [0.2, 0.25) is 0 Å². The molecular weight excluding hydrogens is 226 g/mol. The molecule has 2 rings (SSSR count). The van der Waals surface area contributed by atoms with Gasteiger partial charge in [-0.3, -0.25) is 0 Å². The Morgan fingerprint density at radius 1 is 1.22 bits per heavy atom. The molecule has 96 valence electrons. The summed E-state index contributed by atoms with van der Waals surface area (Å²) in [6.45, 7) is 5.87. The van der Waals surface area contributed by atoms with Crippen molar-refractivity contribution < 1.29 is 4.42 Å². The molecule has 0 spiro atoms. The molecule has 0 aliphatic heterocycles. The molecule has 3 heteroatoms. The second kappa shape index (κ2) is 6.64. The van der Waals surface area contributed by atoms with Crippen LogP contribution in [0, 0.1) is 0 Å². The van der Waals surface area contributed by atoms with E-state index in [1.807, 2.05) is 58.2 Å². The lowest BCUT2D eigenvalue weighted by molar-refractivity contribution is 0.559. The van der Waals surface area contributed by atoms with Gasteiger partial charge in [0.2, 0.25) is 0 Å². The van der Waals surface area contributed by atoms with Gasteiger partial charge in [-0.2, -0.15) is 0 Å². The van der Waals surface area contributed by atoms with Gasteiger partial charge in [-0.05, 0) is 25.1 Å². The number of rotatable bonds is 2. The quantitative estimate of drug-likeness (QED) is 0.816. The van der Waals surface area contributed by atoms with Gasteiger partial charge in [0.25, 0.3) is 0 Å². The summed E-state index contributed by atoms with van der Waals surface area (Å²) < 4.78 is 5.24. The maximum absolute atomic E-state index is 11.6. The van der Waals surface area contributed by atoms with E-state index in [-0.39, 0.29) is 5.63 Å². The minimum Gasteiger partial charge on any atom is -0.422 e. The zero-order valence-electron chi connectivity index (χ0n) is 11.3. The predicted molar refractivity (Wildman–Crippen MR) is 78.1 cm³/mol. The molecule has 0 radical (unpaired) electrons. The molecule has 0 fully saturated rings. The number of nitrogens with one attached hydrogen (secondary N) is 1. The van der Waals surface area contributed by atoms with E-state index in [4.69, 9.17) is 4.42 Å². The Morgan fingerprint density at radius 2 is 1.94 bits per heavy atom. The molecule has 1 aromatic heterocycles. The second-order valence-electron chi connectivity index (χ2n) is 3.49. The SMILES string of the molecule is C/C=C/c1cc2ccc(NC)cc2oc1=O.CC. The third kappa shape index (κ3) is 3.00. The van der Waals surface area contributed by atoms with Crippen LogP contribution >= 0.6 is 0 Å². The first-order valence-corrected chi connectivity index (χ1v) is 6.13. The van der Waals surface area contributed by atoms with Crippen molar-refractivity contribution in [3.63, 3.8) is 0 Å². The average Bonchev–Trinajstić information content (AvgIpc) is 2.41. The van der Waals surface area contributed by atoms with Gasteiger partial charge in [0, 0.05) is 24.2 Å². The van der Waals surface area contributed by atoms with E-state index >= 15 is 0 Å². The minimum absolute atomic E-state index is 0.307. The minimum atomic E-state index is -0.307. The van der Waals surface area contributed by atoms with Gasteiger partial charge in [-0.15, -0.1) is 0 Å². The van der Waals surface area contributed by atoms with Crippen molar-refractivity contribution >= 4 is 22.7 Å². The first-order chi connectivity index (χ1) is 8.74. The number of allylic oxidation sites excluding steroid dienone is 1. The molecule has 1 heterocycles. The Kier molecular flexibility index (Phi) is 5.18. The Hall–Kier alpha value is -2.03. The van der Waals surface area contributed by atoms with Crippen molar-refractivity contribution in [1.82, 2.24) is 0 Å². The summed E-state index contributed by atoms with van der Waals surface area (Å²) in [5.41, 5.74) is 1.80. The van der Waals surface area contributed by atoms with Crippen molar-refractivity contribution in [2.75, 3.05) is 12.4 Å². The van der Waals surface area contributed by atoms with Crippen molar-refractivity contribution in [2.24, 2.45) is 0 Å². The van der Waals surface area contributed by atoms with E-state index in [2.05, 4.69) is 5.32 Å². The smallest absolute Gasteiger partial charge is 0.343 e.